The van der Waals surface area contributed by atoms with Gasteiger partial charge in [0.2, 0.25) is 5.91 Å². The molecule has 0 aliphatic heterocycles. The number of carbonyl (C=O) groups excluding carboxylic acids is 1. The fraction of sp³-hybridized carbons (Fsp3) is 0.529. The summed E-state index contributed by atoms with van der Waals surface area (Å²) in [5.74, 6) is 0.830. The van der Waals surface area contributed by atoms with Gasteiger partial charge >= 0.3 is 0 Å². The summed E-state index contributed by atoms with van der Waals surface area (Å²) in [4.78, 5) is 14.3. The Kier molecular flexibility index (Phi) is 5.35. The van der Waals surface area contributed by atoms with Crippen molar-refractivity contribution in [1.82, 2.24) is 4.90 Å². The van der Waals surface area contributed by atoms with Gasteiger partial charge in [-0.1, -0.05) is 12.1 Å². The molecule has 1 aromatic rings. The van der Waals surface area contributed by atoms with Crippen LogP contribution in [0.3, 0.4) is 0 Å². The standard InChI is InChI=1S/C17H23N3O/c1-13(14-9-10-14)20(2)11-5-8-17(21)19-16-7-4-3-6-15(16)12-18/h3-4,6-7,13-14H,5,8-11H2,1-2H3,(H,19,21). The van der Waals surface area contributed by atoms with Crippen molar-refractivity contribution >= 4 is 11.6 Å². The Morgan fingerprint density at radius 3 is 2.86 bits per heavy atom. The molecule has 1 N–H and O–H groups in total. The van der Waals surface area contributed by atoms with Crippen LogP contribution in [-0.4, -0.2) is 30.4 Å². The molecule has 2 rings (SSSR count). The van der Waals surface area contributed by atoms with Crippen LogP contribution >= 0.6 is 0 Å². The molecule has 112 valence electrons. The lowest BCUT2D eigenvalue weighted by molar-refractivity contribution is -0.116. The third kappa shape index (κ3) is 4.57. The van der Waals surface area contributed by atoms with E-state index >= 15 is 0 Å². The predicted molar refractivity (Wildman–Crippen MR) is 83.8 cm³/mol. The third-order valence-electron chi connectivity index (χ3n) is 4.24. The van der Waals surface area contributed by atoms with Crippen LogP contribution in [0.15, 0.2) is 24.3 Å². The summed E-state index contributed by atoms with van der Waals surface area (Å²) in [6.07, 6.45) is 4.02. The summed E-state index contributed by atoms with van der Waals surface area (Å²) in [7, 11) is 2.13. The molecule has 0 saturated heterocycles. The molecule has 0 bridgehead atoms. The summed E-state index contributed by atoms with van der Waals surface area (Å²) < 4.78 is 0. The molecule has 0 radical (unpaired) electrons. The highest BCUT2D eigenvalue weighted by Gasteiger charge is 2.30. The second-order valence-corrected chi connectivity index (χ2v) is 5.87. The Morgan fingerprint density at radius 2 is 2.19 bits per heavy atom. The van der Waals surface area contributed by atoms with E-state index in [4.69, 9.17) is 5.26 Å². The van der Waals surface area contributed by atoms with Crippen LogP contribution < -0.4 is 5.32 Å². The first-order valence-electron chi connectivity index (χ1n) is 7.61. The Hall–Kier alpha value is -1.86. The van der Waals surface area contributed by atoms with E-state index in [2.05, 4.69) is 30.3 Å². The first-order valence-corrected chi connectivity index (χ1v) is 7.61. The van der Waals surface area contributed by atoms with Crippen molar-refractivity contribution in [3.63, 3.8) is 0 Å². The number of para-hydroxylation sites is 1. The van der Waals surface area contributed by atoms with Gasteiger partial charge in [-0.15, -0.1) is 0 Å². The van der Waals surface area contributed by atoms with Crippen LogP contribution in [0.2, 0.25) is 0 Å². The number of anilines is 1. The van der Waals surface area contributed by atoms with Gasteiger partial charge in [0.1, 0.15) is 6.07 Å². The van der Waals surface area contributed by atoms with Gasteiger partial charge in [-0.05, 0) is 57.8 Å². The van der Waals surface area contributed by atoms with Gasteiger partial charge in [0.15, 0.2) is 0 Å². The predicted octanol–water partition coefficient (Wildman–Crippen LogP) is 3.01. The van der Waals surface area contributed by atoms with E-state index in [1.807, 2.05) is 6.07 Å². The summed E-state index contributed by atoms with van der Waals surface area (Å²) in [5.41, 5.74) is 1.11. The monoisotopic (exact) mass is 285 g/mol. The highest BCUT2D eigenvalue weighted by atomic mass is 16.1. The van der Waals surface area contributed by atoms with Crippen LogP contribution in [0.25, 0.3) is 0 Å². The van der Waals surface area contributed by atoms with Crippen molar-refractivity contribution in [3.05, 3.63) is 29.8 Å². The fourth-order valence-corrected chi connectivity index (χ4v) is 2.53. The number of hydrogen-bond donors (Lipinski definition) is 1. The van der Waals surface area contributed by atoms with Gasteiger partial charge in [0.25, 0.3) is 0 Å². The molecule has 1 saturated carbocycles. The first-order chi connectivity index (χ1) is 10.1. The summed E-state index contributed by atoms with van der Waals surface area (Å²) in [6, 6.07) is 9.79. The van der Waals surface area contributed by atoms with Crippen LogP contribution in [0, 0.1) is 17.2 Å². The van der Waals surface area contributed by atoms with Gasteiger partial charge in [-0.3, -0.25) is 4.79 Å². The third-order valence-corrected chi connectivity index (χ3v) is 4.24. The second kappa shape index (κ2) is 7.24. The number of nitrogens with one attached hydrogen (secondary N) is 1. The number of amides is 1. The molecule has 1 amide bonds. The van der Waals surface area contributed by atoms with Crippen molar-refractivity contribution in [2.45, 2.75) is 38.6 Å². The minimum absolute atomic E-state index is 0.0230. The molecular formula is C17H23N3O. The molecule has 1 aliphatic rings. The Balaban J connectivity index is 1.73. The molecule has 1 aromatic carbocycles. The lowest BCUT2D eigenvalue weighted by Gasteiger charge is -2.24. The number of nitriles is 1. The lowest BCUT2D eigenvalue weighted by Crippen LogP contribution is -2.32. The molecule has 1 fully saturated rings. The maximum absolute atomic E-state index is 11.9. The van der Waals surface area contributed by atoms with Crippen LogP contribution in [-0.2, 0) is 4.79 Å². The van der Waals surface area contributed by atoms with Gasteiger partial charge < -0.3 is 10.2 Å². The van der Waals surface area contributed by atoms with Crippen molar-refractivity contribution in [3.8, 4) is 6.07 Å². The summed E-state index contributed by atoms with van der Waals surface area (Å²) >= 11 is 0. The zero-order valence-electron chi connectivity index (χ0n) is 12.8. The SMILES string of the molecule is CC(C1CC1)N(C)CCCC(=O)Nc1ccccc1C#N. The average Bonchev–Trinajstić information content (AvgIpc) is 3.31. The van der Waals surface area contributed by atoms with Crippen molar-refractivity contribution in [1.29, 1.82) is 5.26 Å². The number of hydrogen-bond acceptors (Lipinski definition) is 3. The topological polar surface area (TPSA) is 56.1 Å². The fourth-order valence-electron chi connectivity index (χ4n) is 2.53. The van der Waals surface area contributed by atoms with E-state index in [0.717, 1.165) is 18.9 Å². The average molecular weight is 285 g/mol. The molecule has 0 heterocycles. The zero-order valence-corrected chi connectivity index (χ0v) is 12.8. The quantitative estimate of drug-likeness (QED) is 0.838. The minimum Gasteiger partial charge on any atom is -0.325 e. The van der Waals surface area contributed by atoms with E-state index in [0.29, 0.717) is 23.7 Å². The molecule has 4 heteroatoms. The van der Waals surface area contributed by atoms with E-state index in [9.17, 15) is 4.79 Å². The van der Waals surface area contributed by atoms with Gasteiger partial charge in [0.05, 0.1) is 11.3 Å². The number of nitrogens with zero attached hydrogens (tertiary/aromatic N) is 2. The maximum atomic E-state index is 11.9. The van der Waals surface area contributed by atoms with Gasteiger partial charge in [0, 0.05) is 12.5 Å². The Morgan fingerprint density at radius 1 is 1.48 bits per heavy atom. The zero-order chi connectivity index (χ0) is 15.2. The second-order valence-electron chi connectivity index (χ2n) is 5.87. The van der Waals surface area contributed by atoms with E-state index in [1.165, 1.54) is 12.8 Å². The van der Waals surface area contributed by atoms with Crippen LogP contribution in [0.5, 0.6) is 0 Å². The summed E-state index contributed by atoms with van der Waals surface area (Å²) in [6.45, 7) is 3.20. The molecule has 1 aliphatic carbocycles. The molecule has 1 unspecified atom stereocenters. The van der Waals surface area contributed by atoms with E-state index in [1.54, 1.807) is 18.2 Å². The van der Waals surface area contributed by atoms with Gasteiger partial charge in [-0.25, -0.2) is 0 Å². The highest BCUT2D eigenvalue weighted by Crippen LogP contribution is 2.34. The molecule has 21 heavy (non-hydrogen) atoms. The Labute approximate surface area is 126 Å². The molecule has 0 aromatic heterocycles. The number of benzene rings is 1. The van der Waals surface area contributed by atoms with E-state index < -0.39 is 0 Å². The smallest absolute Gasteiger partial charge is 0.224 e. The van der Waals surface area contributed by atoms with E-state index in [-0.39, 0.29) is 5.91 Å². The normalized spacial score (nSPS) is 15.5. The van der Waals surface area contributed by atoms with Crippen molar-refractivity contribution in [2.75, 3.05) is 18.9 Å². The number of rotatable bonds is 7. The first kappa shape index (κ1) is 15.5. The summed E-state index contributed by atoms with van der Waals surface area (Å²) in [5, 5.41) is 11.8. The highest BCUT2D eigenvalue weighted by molar-refractivity contribution is 5.92. The molecule has 1 atom stereocenters. The lowest BCUT2D eigenvalue weighted by atomic mass is 10.1. The molecular weight excluding hydrogens is 262 g/mol. The number of carbonyl (C=O) groups is 1. The van der Waals surface area contributed by atoms with Crippen LogP contribution in [0.4, 0.5) is 5.69 Å². The Bertz CT molecular complexity index is 531. The minimum atomic E-state index is -0.0230. The van der Waals surface area contributed by atoms with Crippen molar-refractivity contribution in [2.24, 2.45) is 5.92 Å². The van der Waals surface area contributed by atoms with Gasteiger partial charge in [-0.2, -0.15) is 5.26 Å². The van der Waals surface area contributed by atoms with Crippen LogP contribution in [0.1, 0.15) is 38.2 Å². The molecule has 4 nitrogen and oxygen atoms in total. The van der Waals surface area contributed by atoms with Crippen molar-refractivity contribution < 1.29 is 4.79 Å². The molecule has 0 spiro atoms. The largest absolute Gasteiger partial charge is 0.325 e. The maximum Gasteiger partial charge on any atom is 0.224 e.